The van der Waals surface area contributed by atoms with Crippen LogP contribution in [0.2, 0.25) is 0 Å². The van der Waals surface area contributed by atoms with Gasteiger partial charge in [-0.15, -0.1) is 11.8 Å². The van der Waals surface area contributed by atoms with Crippen molar-refractivity contribution in [3.63, 3.8) is 0 Å². The summed E-state index contributed by atoms with van der Waals surface area (Å²) in [6.45, 7) is 4.18. The van der Waals surface area contributed by atoms with E-state index in [4.69, 9.17) is 4.74 Å². The molecule has 2 rings (SSSR count). The van der Waals surface area contributed by atoms with Crippen molar-refractivity contribution in [2.24, 2.45) is 17.8 Å². The Balaban J connectivity index is 1.73. The third-order valence-electron chi connectivity index (χ3n) is 4.65. The third kappa shape index (κ3) is 4.27. The first-order valence-electron chi connectivity index (χ1n) is 7.81. The summed E-state index contributed by atoms with van der Waals surface area (Å²) in [4.78, 5) is 12.2. The van der Waals surface area contributed by atoms with Gasteiger partial charge in [0.2, 0.25) is 0 Å². The lowest BCUT2D eigenvalue weighted by Crippen LogP contribution is -2.29. The van der Waals surface area contributed by atoms with E-state index < -0.39 is 0 Å². The van der Waals surface area contributed by atoms with Gasteiger partial charge in [0.25, 0.3) is 0 Å². The van der Waals surface area contributed by atoms with Gasteiger partial charge in [-0.1, -0.05) is 6.92 Å². The van der Waals surface area contributed by atoms with Crippen molar-refractivity contribution < 1.29 is 9.53 Å². The van der Waals surface area contributed by atoms with Gasteiger partial charge in [0.1, 0.15) is 6.10 Å². The number of ether oxygens (including phenoxy) is 1. The van der Waals surface area contributed by atoms with E-state index in [0.29, 0.717) is 5.92 Å². The summed E-state index contributed by atoms with van der Waals surface area (Å²) in [5.41, 5.74) is 0. The first-order valence-corrected chi connectivity index (χ1v) is 7.81. The minimum atomic E-state index is 0.0578. The largest absolute Gasteiger partial charge is 0.462 e. The zero-order valence-corrected chi connectivity index (χ0v) is 12.3. The molecular weight excluding hydrogens is 236 g/mol. The van der Waals surface area contributed by atoms with Gasteiger partial charge >= 0.3 is 5.97 Å². The predicted molar refractivity (Wildman–Crippen MR) is 76.4 cm³/mol. The first-order chi connectivity index (χ1) is 9.19. The summed E-state index contributed by atoms with van der Waals surface area (Å²) >= 11 is 0. The molecule has 0 saturated heterocycles. The molecule has 19 heavy (non-hydrogen) atoms. The summed E-state index contributed by atoms with van der Waals surface area (Å²) in [6, 6.07) is 0. The lowest BCUT2D eigenvalue weighted by molar-refractivity contribution is -0.157. The van der Waals surface area contributed by atoms with E-state index in [0.717, 1.165) is 44.4 Å². The number of rotatable bonds is 2. The molecule has 0 aromatic carbocycles. The third-order valence-corrected chi connectivity index (χ3v) is 4.65. The van der Waals surface area contributed by atoms with Crippen LogP contribution in [0.1, 0.15) is 65.2 Å². The zero-order chi connectivity index (χ0) is 13.7. The Kier molecular flexibility index (Phi) is 5.31. The second-order valence-corrected chi connectivity index (χ2v) is 6.26. The molecule has 0 radical (unpaired) electrons. The van der Waals surface area contributed by atoms with Crippen molar-refractivity contribution in [1.82, 2.24) is 0 Å². The van der Waals surface area contributed by atoms with Crippen LogP contribution >= 0.6 is 0 Å². The van der Waals surface area contributed by atoms with E-state index in [1.54, 1.807) is 0 Å². The highest BCUT2D eigenvalue weighted by molar-refractivity contribution is 5.72. The monoisotopic (exact) mass is 262 g/mol. The first kappa shape index (κ1) is 14.4. The number of carbonyl (C=O) groups excluding carboxylic acids is 1. The maximum atomic E-state index is 12.2. The second-order valence-electron chi connectivity index (χ2n) is 6.26. The summed E-state index contributed by atoms with van der Waals surface area (Å²) in [5, 5.41) is 0. The van der Waals surface area contributed by atoms with Crippen LogP contribution in [-0.4, -0.2) is 12.1 Å². The highest BCUT2D eigenvalue weighted by atomic mass is 16.5. The zero-order valence-electron chi connectivity index (χ0n) is 12.3. The lowest BCUT2D eigenvalue weighted by atomic mass is 9.82. The number of esters is 1. The van der Waals surface area contributed by atoms with Crippen molar-refractivity contribution in [2.45, 2.75) is 71.3 Å². The number of carbonyl (C=O) groups is 1. The Bertz CT molecular complexity index is 347. The molecule has 0 heterocycles. The van der Waals surface area contributed by atoms with Crippen LogP contribution < -0.4 is 0 Å². The molecule has 0 atom stereocenters. The summed E-state index contributed by atoms with van der Waals surface area (Å²) in [6.07, 6.45) is 8.75. The van der Waals surface area contributed by atoms with E-state index in [-0.39, 0.29) is 18.0 Å². The van der Waals surface area contributed by atoms with Crippen LogP contribution in [0.3, 0.4) is 0 Å². The van der Waals surface area contributed by atoms with Gasteiger partial charge < -0.3 is 4.74 Å². The Hall–Kier alpha value is -0.970. The maximum absolute atomic E-state index is 12.2. The van der Waals surface area contributed by atoms with Crippen LogP contribution in [-0.2, 0) is 9.53 Å². The van der Waals surface area contributed by atoms with Crippen molar-refractivity contribution in [3.05, 3.63) is 0 Å². The molecule has 0 spiro atoms. The smallest absolute Gasteiger partial charge is 0.309 e. The summed E-state index contributed by atoms with van der Waals surface area (Å²) < 4.78 is 5.70. The van der Waals surface area contributed by atoms with E-state index in [9.17, 15) is 4.79 Å². The quantitative estimate of drug-likeness (QED) is 0.556. The molecule has 2 nitrogen and oxygen atoms in total. The van der Waals surface area contributed by atoms with Crippen molar-refractivity contribution >= 4 is 5.97 Å². The Morgan fingerprint density at radius 2 is 1.63 bits per heavy atom. The molecule has 0 amide bonds. The van der Waals surface area contributed by atoms with E-state index >= 15 is 0 Å². The molecule has 0 N–H and O–H groups in total. The highest BCUT2D eigenvalue weighted by Gasteiger charge is 2.29. The van der Waals surface area contributed by atoms with Crippen LogP contribution in [0.15, 0.2) is 0 Å². The number of hydrogen-bond donors (Lipinski definition) is 0. The van der Waals surface area contributed by atoms with Crippen molar-refractivity contribution in [2.75, 3.05) is 0 Å². The van der Waals surface area contributed by atoms with E-state index in [2.05, 4.69) is 18.8 Å². The summed E-state index contributed by atoms with van der Waals surface area (Å²) in [5.74, 6) is 7.71. The van der Waals surface area contributed by atoms with Gasteiger partial charge in [-0.05, 0) is 64.2 Å². The Labute approximate surface area is 117 Å². The van der Waals surface area contributed by atoms with Crippen LogP contribution in [0.25, 0.3) is 0 Å². The van der Waals surface area contributed by atoms with Crippen molar-refractivity contribution in [1.29, 1.82) is 0 Å². The molecule has 0 aliphatic heterocycles. The molecule has 106 valence electrons. The molecule has 2 saturated carbocycles. The average Bonchev–Trinajstić information content (AvgIpc) is 2.42. The molecule has 0 bridgehead atoms. The number of hydrogen-bond acceptors (Lipinski definition) is 2. The summed E-state index contributed by atoms with van der Waals surface area (Å²) in [7, 11) is 0. The van der Waals surface area contributed by atoms with Gasteiger partial charge in [-0.25, -0.2) is 0 Å². The standard InChI is InChI=1S/C17H26O2/c1-3-4-14-7-9-15(10-8-14)17(18)19-16-11-5-13(2)6-12-16/h13-16H,5-12H2,1-2H3. The predicted octanol–water partition coefficient (Wildman–Crippen LogP) is 3.94. The van der Waals surface area contributed by atoms with Crippen LogP contribution in [0, 0.1) is 29.6 Å². The van der Waals surface area contributed by atoms with Gasteiger partial charge in [0, 0.05) is 5.92 Å². The maximum Gasteiger partial charge on any atom is 0.309 e. The minimum absolute atomic E-state index is 0.0578. The van der Waals surface area contributed by atoms with Crippen molar-refractivity contribution in [3.8, 4) is 11.8 Å². The molecule has 2 aliphatic rings. The average molecular weight is 262 g/mol. The van der Waals surface area contributed by atoms with Crippen LogP contribution in [0.4, 0.5) is 0 Å². The topological polar surface area (TPSA) is 26.3 Å². The molecule has 0 aromatic rings. The van der Waals surface area contributed by atoms with Gasteiger partial charge in [-0.2, -0.15) is 0 Å². The Morgan fingerprint density at radius 3 is 2.21 bits per heavy atom. The fourth-order valence-corrected chi connectivity index (χ4v) is 3.29. The fraction of sp³-hybridized carbons (Fsp3) is 0.824. The van der Waals surface area contributed by atoms with E-state index in [1.165, 1.54) is 12.8 Å². The molecule has 0 unspecified atom stereocenters. The van der Waals surface area contributed by atoms with E-state index in [1.807, 2.05) is 6.92 Å². The molecule has 2 aliphatic carbocycles. The molecule has 2 fully saturated rings. The van der Waals surface area contributed by atoms with Gasteiger partial charge in [0.05, 0.1) is 5.92 Å². The van der Waals surface area contributed by atoms with Gasteiger partial charge in [0.15, 0.2) is 0 Å². The molecule has 2 heteroatoms. The minimum Gasteiger partial charge on any atom is -0.462 e. The highest BCUT2D eigenvalue weighted by Crippen LogP contribution is 2.31. The SMILES string of the molecule is CC#CC1CCC(C(=O)OC2CCC(C)CC2)CC1. The molecule has 0 aromatic heterocycles. The fourth-order valence-electron chi connectivity index (χ4n) is 3.29. The Morgan fingerprint density at radius 1 is 1.00 bits per heavy atom. The lowest BCUT2D eigenvalue weighted by Gasteiger charge is -2.29. The van der Waals surface area contributed by atoms with Crippen LogP contribution in [0.5, 0.6) is 0 Å². The second kappa shape index (κ2) is 6.98. The normalized spacial score (nSPS) is 35.1. The van der Waals surface area contributed by atoms with Gasteiger partial charge in [-0.3, -0.25) is 4.79 Å². The molecular formula is C17H26O2.